The molecule has 2 bridgehead atoms. The van der Waals surface area contributed by atoms with Crippen LogP contribution in [0, 0.1) is 35.5 Å². The number of halogens is 4. The molecule has 1 aromatic carbocycles. The van der Waals surface area contributed by atoms with Crippen LogP contribution in [0.3, 0.4) is 0 Å². The van der Waals surface area contributed by atoms with Crippen molar-refractivity contribution in [2.45, 2.75) is 152 Å². The van der Waals surface area contributed by atoms with Crippen LogP contribution >= 0.6 is 0 Å². The number of unbranched alkanes of at least 4 members (excludes halogenated alkanes) is 1. The molecule has 0 spiro atoms. The van der Waals surface area contributed by atoms with Gasteiger partial charge in [-0.3, -0.25) is 19.1 Å². The Morgan fingerprint density at radius 3 is 2.44 bits per heavy atom. The normalized spacial score (nSPS) is 34.2. The number of carbonyl (C=O) groups is 4. The van der Waals surface area contributed by atoms with Crippen LogP contribution in [-0.2, 0) is 35.1 Å². The zero-order valence-corrected chi connectivity index (χ0v) is 37.5. The van der Waals surface area contributed by atoms with Crippen molar-refractivity contribution in [3.8, 4) is 11.6 Å². The van der Waals surface area contributed by atoms with Gasteiger partial charge in [-0.2, -0.15) is 8.78 Å². The summed E-state index contributed by atoms with van der Waals surface area (Å²) in [6.07, 6.45) is -1.50. The van der Waals surface area contributed by atoms with Gasteiger partial charge in [-0.25, -0.2) is 32.0 Å². The van der Waals surface area contributed by atoms with E-state index in [1.807, 2.05) is 4.72 Å². The SMILES string of the molecule is CCCCC1[C@@H]2[C@H]3CCCCC(F)(F)c4nc5ccc(OC)cc5nc4O[C@H]4CN(C(=O)[C@H](C)NC(=O)O[C@@H]3C[C@@H]12)[C@H](C(=O)N[C@]1(C(=O)NS(=O)(=O)C2(C)CC2)C[C@H]1C(F)F)[C@@H]4CC. The second kappa shape index (κ2) is 17.1. The highest BCUT2D eigenvalue weighted by Crippen LogP contribution is 2.64. The topological polar surface area (TPSA) is 195 Å². The van der Waals surface area contributed by atoms with Gasteiger partial charge in [0.2, 0.25) is 34.1 Å². The van der Waals surface area contributed by atoms with E-state index in [1.165, 1.54) is 33.1 Å². The van der Waals surface area contributed by atoms with E-state index in [0.717, 1.165) is 24.2 Å². The zero-order valence-electron chi connectivity index (χ0n) is 36.7. The Bertz CT molecular complexity index is 2290. The standard InChI is InChI=1S/C44H58F4N6O9S/c1-6-8-11-25-27-19-31-26(33(25)27)12-9-10-15-44(47,48)35-38(51-30-18-23(61-5)13-14-29(30)50-35)62-32-21-54(39(56)22(3)49-41(58)63-31)34(24(32)7-2)37(55)52-43(20-28(43)36(45)46)40(57)53-64(59,60)42(4)16-17-42/h13-14,18,22,24-28,31-34,36H,6-12,15-17,19-21H2,1-5H3,(H,49,58)(H,52,55)(H,53,57)/t22-,24+,25?,26-,27-,28-,31+,32-,33+,34-,43+/m0/s1. The quantitative estimate of drug-likeness (QED) is 0.225. The number of aromatic nitrogens is 2. The summed E-state index contributed by atoms with van der Waals surface area (Å²) in [5.74, 6) is -8.68. The van der Waals surface area contributed by atoms with Crippen LogP contribution in [0.5, 0.6) is 11.6 Å². The minimum Gasteiger partial charge on any atom is -0.497 e. The van der Waals surface area contributed by atoms with Crippen molar-refractivity contribution in [3.05, 3.63) is 23.9 Å². The number of benzene rings is 1. The van der Waals surface area contributed by atoms with E-state index < -0.39 is 124 Å². The van der Waals surface area contributed by atoms with Gasteiger partial charge in [-0.15, -0.1) is 0 Å². The summed E-state index contributed by atoms with van der Waals surface area (Å²) in [7, 11) is -2.88. The Balaban J connectivity index is 1.15. The molecule has 4 aliphatic carbocycles. The Morgan fingerprint density at radius 1 is 1.03 bits per heavy atom. The summed E-state index contributed by atoms with van der Waals surface area (Å²) in [5.41, 5.74) is -2.78. The van der Waals surface area contributed by atoms with Gasteiger partial charge in [0.25, 0.3) is 11.8 Å². The number of hydrogen-bond acceptors (Lipinski definition) is 11. The molecule has 5 fully saturated rings. The number of nitrogens with one attached hydrogen (secondary N) is 3. The fourth-order valence-electron chi connectivity index (χ4n) is 10.8. The first kappa shape index (κ1) is 46.1. The molecule has 2 aliphatic heterocycles. The summed E-state index contributed by atoms with van der Waals surface area (Å²) in [6, 6.07) is 1.67. The minimum atomic E-state index is -4.31. The van der Waals surface area contributed by atoms with Gasteiger partial charge in [0, 0.05) is 18.4 Å². The van der Waals surface area contributed by atoms with Gasteiger partial charge in [0.15, 0.2) is 5.69 Å². The number of rotatable bonds is 11. The molecule has 0 radical (unpaired) electrons. The van der Waals surface area contributed by atoms with Gasteiger partial charge < -0.3 is 29.7 Å². The number of ether oxygens (including phenoxy) is 3. The van der Waals surface area contributed by atoms with E-state index in [0.29, 0.717) is 42.8 Å². The van der Waals surface area contributed by atoms with Crippen molar-refractivity contribution >= 4 is 44.9 Å². The first-order chi connectivity index (χ1) is 30.3. The van der Waals surface area contributed by atoms with Crippen molar-refractivity contribution in [1.29, 1.82) is 0 Å². The maximum Gasteiger partial charge on any atom is 0.408 e. The molecule has 1 unspecified atom stereocenters. The molecule has 1 aromatic heterocycles. The van der Waals surface area contributed by atoms with Crippen molar-refractivity contribution in [2.75, 3.05) is 13.7 Å². The maximum absolute atomic E-state index is 16.7. The van der Waals surface area contributed by atoms with E-state index in [1.54, 1.807) is 13.0 Å². The molecule has 3 N–H and O–H groups in total. The molecule has 4 saturated carbocycles. The molecule has 15 nitrogen and oxygen atoms in total. The van der Waals surface area contributed by atoms with Crippen molar-refractivity contribution < 1.29 is 59.4 Å². The first-order valence-electron chi connectivity index (χ1n) is 22.6. The fraction of sp³-hybridized carbons (Fsp3) is 0.727. The van der Waals surface area contributed by atoms with Crippen LogP contribution < -0.4 is 24.8 Å². The maximum atomic E-state index is 16.7. The molecule has 20 heteroatoms. The van der Waals surface area contributed by atoms with Crippen LogP contribution in [0.4, 0.5) is 22.4 Å². The minimum absolute atomic E-state index is 0.0608. The second-order valence-corrected chi connectivity index (χ2v) is 21.3. The monoisotopic (exact) mass is 922 g/mol. The highest BCUT2D eigenvalue weighted by molar-refractivity contribution is 7.91. The molecular weight excluding hydrogens is 865 g/mol. The third kappa shape index (κ3) is 8.44. The molecule has 64 heavy (non-hydrogen) atoms. The summed E-state index contributed by atoms with van der Waals surface area (Å²) in [4.78, 5) is 66.3. The van der Waals surface area contributed by atoms with Crippen molar-refractivity contribution in [1.82, 2.24) is 30.2 Å². The summed E-state index contributed by atoms with van der Waals surface area (Å²) >= 11 is 0. The lowest BCUT2D eigenvalue weighted by Gasteiger charge is -2.31. The van der Waals surface area contributed by atoms with Gasteiger partial charge in [0.1, 0.15) is 35.6 Å². The first-order valence-corrected chi connectivity index (χ1v) is 24.1. The van der Waals surface area contributed by atoms with Gasteiger partial charge in [-0.05, 0) is 101 Å². The highest BCUT2D eigenvalue weighted by Gasteiger charge is 2.68. The molecule has 352 valence electrons. The lowest BCUT2D eigenvalue weighted by molar-refractivity contribution is -0.142. The van der Waals surface area contributed by atoms with Crippen LogP contribution in [0.25, 0.3) is 11.0 Å². The third-order valence-electron chi connectivity index (χ3n) is 15.0. The molecule has 1 saturated heterocycles. The molecule has 2 aromatic rings. The largest absolute Gasteiger partial charge is 0.497 e. The molecule has 3 heterocycles. The average molecular weight is 923 g/mol. The van der Waals surface area contributed by atoms with Crippen LogP contribution in [0.1, 0.15) is 110 Å². The molecule has 11 atom stereocenters. The summed E-state index contributed by atoms with van der Waals surface area (Å²) < 4.78 is 107. The fourth-order valence-corrected chi connectivity index (χ4v) is 12.1. The van der Waals surface area contributed by atoms with Crippen LogP contribution in [-0.4, -0.2) is 102 Å². The molecule has 6 aliphatic rings. The number of nitrogens with zero attached hydrogens (tertiary/aromatic N) is 3. The number of alkyl carbamates (subject to hydrolysis) is 1. The lowest BCUT2D eigenvalue weighted by Crippen LogP contribution is -2.59. The summed E-state index contributed by atoms with van der Waals surface area (Å²) in [6.45, 7) is 6.15. The number of carbonyl (C=O) groups excluding carboxylic acids is 4. The smallest absolute Gasteiger partial charge is 0.408 e. The number of alkyl halides is 4. The number of sulfonamides is 1. The van der Waals surface area contributed by atoms with Crippen molar-refractivity contribution in [3.63, 3.8) is 0 Å². The number of methoxy groups -OCH3 is 1. The van der Waals surface area contributed by atoms with E-state index in [-0.39, 0.29) is 42.6 Å². The van der Waals surface area contributed by atoms with E-state index >= 15 is 8.78 Å². The Hall–Kier alpha value is -4.49. The Kier molecular flexibility index (Phi) is 12.3. The van der Waals surface area contributed by atoms with Gasteiger partial charge in [0.05, 0.1) is 35.4 Å². The second-order valence-electron chi connectivity index (χ2n) is 19.1. The van der Waals surface area contributed by atoms with Crippen LogP contribution in [0.2, 0.25) is 0 Å². The molecule has 8 rings (SSSR count). The van der Waals surface area contributed by atoms with Crippen molar-refractivity contribution in [2.24, 2.45) is 35.5 Å². The lowest BCUT2D eigenvalue weighted by atomic mass is 9.89. The third-order valence-corrected chi connectivity index (χ3v) is 17.1. The molecular formula is C44H58F4N6O9S. The zero-order chi connectivity index (χ0) is 46.1. The van der Waals surface area contributed by atoms with E-state index in [2.05, 4.69) is 27.5 Å². The Labute approximate surface area is 369 Å². The number of fused-ring (bicyclic) bond motifs is 7. The van der Waals surface area contributed by atoms with E-state index in [9.17, 15) is 36.4 Å². The Morgan fingerprint density at radius 2 is 1.78 bits per heavy atom. The number of hydrogen-bond donors (Lipinski definition) is 3. The summed E-state index contributed by atoms with van der Waals surface area (Å²) in [5, 5.41) is 5.02. The van der Waals surface area contributed by atoms with E-state index in [4.69, 9.17) is 14.2 Å². The van der Waals surface area contributed by atoms with Crippen LogP contribution in [0.15, 0.2) is 18.2 Å². The van der Waals surface area contributed by atoms with Gasteiger partial charge in [-0.1, -0.05) is 33.1 Å². The average Bonchev–Trinajstić information content (AvgIpc) is 4.20. The number of amides is 4. The highest BCUT2D eigenvalue weighted by atomic mass is 32.2. The predicted octanol–water partition coefficient (Wildman–Crippen LogP) is 5.98. The predicted molar refractivity (Wildman–Crippen MR) is 223 cm³/mol. The molecule has 4 amide bonds. The van der Waals surface area contributed by atoms with Gasteiger partial charge >= 0.3 is 6.09 Å².